The number of hydrogen-bond donors (Lipinski definition) is 1. The van der Waals surface area contributed by atoms with Gasteiger partial charge in [0.1, 0.15) is 5.82 Å². The van der Waals surface area contributed by atoms with E-state index in [4.69, 9.17) is 15.5 Å². The third-order valence-electron chi connectivity index (χ3n) is 6.32. The molecule has 1 amide bonds. The highest BCUT2D eigenvalue weighted by Gasteiger charge is 2.23. The smallest absolute Gasteiger partial charge is 0.336 e. The number of anilines is 2. The summed E-state index contributed by atoms with van der Waals surface area (Å²) in [4.78, 5) is 31.9. The first-order chi connectivity index (χ1) is 17.2. The third-order valence-corrected chi connectivity index (χ3v) is 6.32. The lowest BCUT2D eigenvalue weighted by Crippen LogP contribution is -2.51. The van der Waals surface area contributed by atoms with Gasteiger partial charge in [0.2, 0.25) is 5.91 Å². The van der Waals surface area contributed by atoms with Gasteiger partial charge in [-0.15, -0.1) is 5.10 Å². The molecule has 11 nitrogen and oxygen atoms in total. The molecule has 194 valence electrons. The van der Waals surface area contributed by atoms with E-state index < -0.39 is 0 Å². The minimum Gasteiger partial charge on any atom is -0.459 e. The number of carbonyl (C=O) groups is 1. The number of imidazole rings is 1. The Kier molecular flexibility index (Phi) is 7.88. The predicted molar refractivity (Wildman–Crippen MR) is 139 cm³/mol. The number of carbonyl (C=O) groups excluding carboxylic acids is 1. The predicted octanol–water partition coefficient (Wildman–Crippen LogP) is 1.78. The summed E-state index contributed by atoms with van der Waals surface area (Å²) < 4.78 is 7.58. The summed E-state index contributed by atoms with van der Waals surface area (Å²) in [7, 11) is 3.83. The fraction of sp³-hybridized carbons (Fsp3) is 0.560. The van der Waals surface area contributed by atoms with Gasteiger partial charge in [-0.1, -0.05) is 19.4 Å². The number of aromatic nitrogens is 5. The monoisotopic (exact) mass is 495 g/mol. The van der Waals surface area contributed by atoms with Crippen LogP contribution in [0.3, 0.4) is 0 Å². The number of amides is 1. The molecule has 0 radical (unpaired) electrons. The number of piperazine rings is 1. The molecule has 1 aliphatic rings. The van der Waals surface area contributed by atoms with E-state index in [1.165, 1.54) is 0 Å². The zero-order valence-electron chi connectivity index (χ0n) is 21.9. The van der Waals surface area contributed by atoms with Crippen LogP contribution in [0.15, 0.2) is 18.5 Å². The van der Waals surface area contributed by atoms with Gasteiger partial charge in [0.25, 0.3) is 0 Å². The van der Waals surface area contributed by atoms with Crippen LogP contribution in [0.2, 0.25) is 0 Å². The van der Waals surface area contributed by atoms with Gasteiger partial charge in [0.05, 0.1) is 24.5 Å². The average molecular weight is 496 g/mol. The largest absolute Gasteiger partial charge is 0.459 e. The maximum absolute atomic E-state index is 12.3. The average Bonchev–Trinajstić information content (AvgIpc) is 3.22. The number of likely N-dealkylation sites (N-methyl/N-ethyl adjacent to an activating group) is 1. The van der Waals surface area contributed by atoms with Gasteiger partial charge in [0, 0.05) is 38.8 Å². The quantitative estimate of drug-likeness (QED) is 0.474. The molecule has 1 aliphatic heterocycles. The van der Waals surface area contributed by atoms with Crippen LogP contribution in [0, 0.1) is 6.92 Å². The Morgan fingerprint density at radius 2 is 1.94 bits per heavy atom. The molecular formula is C25H37N9O2. The molecular weight excluding hydrogens is 458 g/mol. The van der Waals surface area contributed by atoms with Crippen LogP contribution >= 0.6 is 0 Å². The Labute approximate surface area is 212 Å². The van der Waals surface area contributed by atoms with Crippen LogP contribution in [-0.4, -0.2) is 93.2 Å². The van der Waals surface area contributed by atoms with E-state index in [2.05, 4.69) is 39.9 Å². The van der Waals surface area contributed by atoms with Crippen molar-refractivity contribution in [1.82, 2.24) is 34.4 Å². The summed E-state index contributed by atoms with van der Waals surface area (Å²) in [5.74, 6) is 1.43. The van der Waals surface area contributed by atoms with E-state index in [0.717, 1.165) is 48.6 Å². The number of nitrogen functional groups attached to an aromatic ring is 1. The van der Waals surface area contributed by atoms with Gasteiger partial charge in [-0.05, 0) is 45.5 Å². The molecule has 3 aromatic heterocycles. The van der Waals surface area contributed by atoms with Crippen molar-refractivity contribution < 1.29 is 9.53 Å². The Bertz CT molecular complexity index is 1200. The number of fused-ring (bicyclic) bond motifs is 1. The molecule has 2 N–H and O–H groups in total. The van der Waals surface area contributed by atoms with E-state index in [9.17, 15) is 4.79 Å². The molecule has 1 atom stereocenters. The minimum absolute atomic E-state index is 0.00573. The topological polar surface area (TPSA) is 118 Å². The van der Waals surface area contributed by atoms with Crippen molar-refractivity contribution >= 4 is 23.2 Å². The molecule has 0 aliphatic carbocycles. The Hall–Kier alpha value is -3.47. The van der Waals surface area contributed by atoms with E-state index in [1.807, 2.05) is 37.0 Å². The number of aryl methyl sites for hydroxylation is 1. The zero-order valence-corrected chi connectivity index (χ0v) is 21.9. The van der Waals surface area contributed by atoms with Crippen LogP contribution in [-0.2, 0) is 11.2 Å². The molecule has 0 unspecified atom stereocenters. The molecule has 1 fully saturated rings. The highest BCUT2D eigenvalue weighted by atomic mass is 16.5. The standard InChI is InChI=1S/C25H37N9O2/c1-6-7-18(3)36-25-29-22(26)24-28-15-20(34(24)30-25)13-19-12-17(2)23(27-14-19)33-10-8-32(9-11-33)21(35)16-31(4)5/h12,14-15,18H,6-11,13,16H2,1-5H3,(H2,26,29,30)/t18-/m1/s1. The van der Waals surface area contributed by atoms with Crippen LogP contribution in [0.1, 0.15) is 43.5 Å². The van der Waals surface area contributed by atoms with E-state index in [-0.39, 0.29) is 18.0 Å². The first kappa shape index (κ1) is 25.6. The number of hydrogen-bond acceptors (Lipinski definition) is 9. The first-order valence-corrected chi connectivity index (χ1v) is 12.5. The van der Waals surface area contributed by atoms with Gasteiger partial charge in [-0.3, -0.25) is 4.79 Å². The second-order valence-corrected chi connectivity index (χ2v) is 9.75. The molecule has 4 heterocycles. The summed E-state index contributed by atoms with van der Waals surface area (Å²) in [5.41, 5.74) is 9.68. The molecule has 0 saturated carbocycles. The van der Waals surface area contributed by atoms with Crippen molar-refractivity contribution in [2.24, 2.45) is 0 Å². The fourth-order valence-corrected chi connectivity index (χ4v) is 4.54. The van der Waals surface area contributed by atoms with Gasteiger partial charge in [0.15, 0.2) is 11.5 Å². The Balaban J connectivity index is 1.46. The SMILES string of the molecule is CCC[C@@H](C)Oc1nc(N)c2ncc(Cc3cnc(N4CCN(C(=O)CN(C)C)CC4)c(C)c3)n2n1. The second-order valence-electron chi connectivity index (χ2n) is 9.75. The lowest BCUT2D eigenvalue weighted by atomic mass is 10.1. The van der Waals surface area contributed by atoms with Crippen LogP contribution in [0.25, 0.3) is 5.65 Å². The first-order valence-electron chi connectivity index (χ1n) is 12.5. The minimum atomic E-state index is 0.00573. The van der Waals surface area contributed by atoms with Crippen molar-refractivity contribution in [2.75, 3.05) is 57.5 Å². The Morgan fingerprint density at radius 3 is 2.61 bits per heavy atom. The van der Waals surface area contributed by atoms with Gasteiger partial charge < -0.3 is 25.2 Å². The summed E-state index contributed by atoms with van der Waals surface area (Å²) in [6.07, 6.45) is 6.20. The summed E-state index contributed by atoms with van der Waals surface area (Å²) in [5, 5.41) is 4.54. The third kappa shape index (κ3) is 5.84. The number of nitrogens with two attached hydrogens (primary N) is 1. The fourth-order valence-electron chi connectivity index (χ4n) is 4.54. The molecule has 0 spiro atoms. The van der Waals surface area contributed by atoms with E-state index >= 15 is 0 Å². The number of nitrogens with zero attached hydrogens (tertiary/aromatic N) is 8. The van der Waals surface area contributed by atoms with Crippen LogP contribution in [0.4, 0.5) is 11.6 Å². The van der Waals surface area contributed by atoms with Gasteiger partial charge in [-0.2, -0.15) is 4.98 Å². The van der Waals surface area contributed by atoms with Crippen molar-refractivity contribution in [1.29, 1.82) is 0 Å². The van der Waals surface area contributed by atoms with Crippen molar-refractivity contribution in [3.63, 3.8) is 0 Å². The molecule has 3 aromatic rings. The van der Waals surface area contributed by atoms with Gasteiger partial charge >= 0.3 is 6.01 Å². The second kappa shape index (κ2) is 11.1. The molecule has 36 heavy (non-hydrogen) atoms. The summed E-state index contributed by atoms with van der Waals surface area (Å²) in [6.45, 7) is 9.59. The van der Waals surface area contributed by atoms with Crippen LogP contribution in [0.5, 0.6) is 6.01 Å². The number of pyridine rings is 1. The van der Waals surface area contributed by atoms with E-state index in [0.29, 0.717) is 37.5 Å². The Morgan fingerprint density at radius 1 is 1.19 bits per heavy atom. The number of ether oxygens (including phenoxy) is 1. The van der Waals surface area contributed by atoms with Crippen LogP contribution < -0.4 is 15.4 Å². The molecule has 0 bridgehead atoms. The van der Waals surface area contributed by atoms with Crippen molar-refractivity contribution in [2.45, 2.75) is 46.1 Å². The van der Waals surface area contributed by atoms with E-state index in [1.54, 1.807) is 10.7 Å². The normalized spacial score (nSPS) is 15.1. The molecule has 4 rings (SSSR count). The zero-order chi connectivity index (χ0) is 25.8. The highest BCUT2D eigenvalue weighted by Crippen LogP contribution is 2.22. The molecule has 11 heteroatoms. The van der Waals surface area contributed by atoms with Gasteiger partial charge in [-0.25, -0.2) is 14.5 Å². The summed E-state index contributed by atoms with van der Waals surface area (Å²) >= 11 is 0. The maximum Gasteiger partial charge on any atom is 0.336 e. The molecule has 0 aromatic carbocycles. The molecule has 1 saturated heterocycles. The maximum atomic E-state index is 12.3. The lowest BCUT2D eigenvalue weighted by molar-refractivity contribution is -0.132. The van der Waals surface area contributed by atoms with Crippen molar-refractivity contribution in [3.05, 3.63) is 35.3 Å². The van der Waals surface area contributed by atoms with Crippen molar-refractivity contribution in [3.8, 4) is 6.01 Å². The number of rotatable bonds is 9. The summed E-state index contributed by atoms with van der Waals surface area (Å²) in [6, 6.07) is 2.41. The lowest BCUT2D eigenvalue weighted by Gasteiger charge is -2.36. The highest BCUT2D eigenvalue weighted by molar-refractivity contribution is 5.78.